The standard InChI is InChI=1S/C18H27N3O3S/c1-14-5-4-6-15(9-14)10-20-7-8-21(11-18(22)19(2)3)17-13-25(23,24)12-16(17)20/h4-6,9,16-17H,7-8,10-13H2,1-3H3/t16-,17+/m1/s1. The number of fused-ring (bicyclic) bond motifs is 1. The third-order valence-corrected chi connectivity index (χ3v) is 6.91. The highest BCUT2D eigenvalue weighted by Crippen LogP contribution is 2.28. The van der Waals surface area contributed by atoms with Gasteiger partial charge in [-0.15, -0.1) is 0 Å². The molecule has 0 unspecified atom stereocenters. The molecule has 138 valence electrons. The molecule has 2 aliphatic heterocycles. The van der Waals surface area contributed by atoms with E-state index in [0.717, 1.165) is 19.6 Å². The summed E-state index contributed by atoms with van der Waals surface area (Å²) in [4.78, 5) is 18.0. The highest BCUT2D eigenvalue weighted by Gasteiger charge is 2.46. The van der Waals surface area contributed by atoms with Crippen LogP contribution in [0.5, 0.6) is 0 Å². The van der Waals surface area contributed by atoms with E-state index in [0.29, 0.717) is 6.54 Å². The van der Waals surface area contributed by atoms with Gasteiger partial charge in [0.1, 0.15) is 0 Å². The van der Waals surface area contributed by atoms with Gasteiger partial charge in [-0.1, -0.05) is 29.8 Å². The van der Waals surface area contributed by atoms with Gasteiger partial charge in [0.15, 0.2) is 9.84 Å². The third-order valence-electron chi connectivity index (χ3n) is 5.21. The Morgan fingerprint density at radius 2 is 1.80 bits per heavy atom. The molecule has 25 heavy (non-hydrogen) atoms. The maximum Gasteiger partial charge on any atom is 0.236 e. The van der Waals surface area contributed by atoms with Crippen LogP contribution in [0.15, 0.2) is 24.3 Å². The molecule has 7 heteroatoms. The van der Waals surface area contributed by atoms with E-state index in [9.17, 15) is 13.2 Å². The predicted molar refractivity (Wildman–Crippen MR) is 98.1 cm³/mol. The number of aryl methyl sites for hydroxylation is 1. The maximum atomic E-state index is 12.3. The lowest BCUT2D eigenvalue weighted by atomic mass is 10.0. The summed E-state index contributed by atoms with van der Waals surface area (Å²) >= 11 is 0. The summed E-state index contributed by atoms with van der Waals surface area (Å²) in [6.07, 6.45) is 0. The van der Waals surface area contributed by atoms with Crippen molar-refractivity contribution in [2.24, 2.45) is 0 Å². The molecule has 0 aliphatic carbocycles. The minimum Gasteiger partial charge on any atom is -0.348 e. The maximum absolute atomic E-state index is 12.3. The van der Waals surface area contributed by atoms with Crippen LogP contribution in [0.2, 0.25) is 0 Å². The Hall–Kier alpha value is -1.44. The van der Waals surface area contributed by atoms with Crippen LogP contribution in [0.3, 0.4) is 0 Å². The zero-order chi connectivity index (χ0) is 18.2. The second kappa shape index (κ2) is 7.05. The van der Waals surface area contributed by atoms with Gasteiger partial charge >= 0.3 is 0 Å². The molecular formula is C18H27N3O3S. The van der Waals surface area contributed by atoms with Crippen molar-refractivity contribution in [3.05, 3.63) is 35.4 Å². The zero-order valence-corrected chi connectivity index (χ0v) is 16.0. The van der Waals surface area contributed by atoms with E-state index in [-0.39, 0.29) is 29.5 Å². The van der Waals surface area contributed by atoms with Crippen molar-refractivity contribution in [2.45, 2.75) is 25.6 Å². The second-order valence-electron chi connectivity index (χ2n) is 7.43. The van der Waals surface area contributed by atoms with Crippen LogP contribution >= 0.6 is 0 Å². The highest BCUT2D eigenvalue weighted by atomic mass is 32.2. The minimum atomic E-state index is -3.06. The smallest absolute Gasteiger partial charge is 0.236 e. The number of carbonyl (C=O) groups is 1. The summed E-state index contributed by atoms with van der Waals surface area (Å²) in [5, 5.41) is 0. The van der Waals surface area contributed by atoms with Crippen LogP contribution in [-0.4, -0.2) is 86.3 Å². The Labute approximate surface area is 150 Å². The van der Waals surface area contributed by atoms with Crippen molar-refractivity contribution < 1.29 is 13.2 Å². The SMILES string of the molecule is Cc1cccc(CN2CCN(CC(=O)N(C)C)[C@H]3CS(=O)(=O)C[C@H]32)c1. The average Bonchev–Trinajstić information content (AvgIpc) is 2.85. The van der Waals surface area contributed by atoms with E-state index in [1.54, 1.807) is 19.0 Å². The number of likely N-dealkylation sites (N-methyl/N-ethyl adjacent to an activating group) is 1. The molecule has 0 radical (unpaired) electrons. The number of piperazine rings is 1. The van der Waals surface area contributed by atoms with Gasteiger partial charge in [-0.3, -0.25) is 14.6 Å². The molecule has 2 fully saturated rings. The van der Waals surface area contributed by atoms with E-state index in [2.05, 4.69) is 34.9 Å². The molecule has 6 nitrogen and oxygen atoms in total. The quantitative estimate of drug-likeness (QED) is 0.771. The van der Waals surface area contributed by atoms with Gasteiger partial charge in [-0.05, 0) is 12.5 Å². The molecule has 1 aromatic rings. The Morgan fingerprint density at radius 3 is 2.44 bits per heavy atom. The zero-order valence-electron chi connectivity index (χ0n) is 15.2. The van der Waals surface area contributed by atoms with Gasteiger partial charge in [0, 0.05) is 45.8 Å². The fourth-order valence-electron chi connectivity index (χ4n) is 3.85. The number of hydrogen-bond acceptors (Lipinski definition) is 5. The number of benzene rings is 1. The van der Waals surface area contributed by atoms with Gasteiger partial charge < -0.3 is 4.90 Å². The molecule has 2 aliphatic rings. The molecule has 2 atom stereocenters. The molecule has 0 saturated carbocycles. The van der Waals surface area contributed by atoms with Crippen molar-refractivity contribution in [1.82, 2.24) is 14.7 Å². The first-order valence-electron chi connectivity index (χ1n) is 8.69. The Balaban J connectivity index is 1.77. The van der Waals surface area contributed by atoms with Crippen molar-refractivity contribution in [3.63, 3.8) is 0 Å². The number of hydrogen-bond donors (Lipinski definition) is 0. The molecule has 0 aromatic heterocycles. The van der Waals surface area contributed by atoms with E-state index < -0.39 is 9.84 Å². The number of nitrogens with zero attached hydrogens (tertiary/aromatic N) is 3. The van der Waals surface area contributed by atoms with Crippen LogP contribution in [-0.2, 0) is 21.2 Å². The fourth-order valence-corrected chi connectivity index (χ4v) is 5.89. The van der Waals surface area contributed by atoms with Crippen LogP contribution in [0, 0.1) is 6.92 Å². The van der Waals surface area contributed by atoms with Crippen molar-refractivity contribution in [1.29, 1.82) is 0 Å². The minimum absolute atomic E-state index is 0.0233. The lowest BCUT2D eigenvalue weighted by molar-refractivity contribution is -0.131. The average molecular weight is 365 g/mol. The molecule has 0 N–H and O–H groups in total. The number of carbonyl (C=O) groups excluding carboxylic acids is 1. The predicted octanol–water partition coefficient (Wildman–Crippen LogP) is 0.366. The lowest BCUT2D eigenvalue weighted by Gasteiger charge is -2.43. The molecule has 2 saturated heterocycles. The van der Waals surface area contributed by atoms with Gasteiger partial charge in [-0.2, -0.15) is 0 Å². The van der Waals surface area contributed by atoms with Gasteiger partial charge in [0.2, 0.25) is 5.91 Å². The van der Waals surface area contributed by atoms with Crippen LogP contribution < -0.4 is 0 Å². The van der Waals surface area contributed by atoms with E-state index in [1.165, 1.54) is 11.1 Å². The Morgan fingerprint density at radius 1 is 1.16 bits per heavy atom. The van der Waals surface area contributed by atoms with E-state index >= 15 is 0 Å². The lowest BCUT2D eigenvalue weighted by Crippen LogP contribution is -2.60. The summed E-state index contributed by atoms with van der Waals surface area (Å²) < 4.78 is 24.5. The third kappa shape index (κ3) is 4.22. The summed E-state index contributed by atoms with van der Waals surface area (Å²) in [6.45, 7) is 4.63. The monoisotopic (exact) mass is 365 g/mol. The number of rotatable bonds is 4. The molecule has 3 rings (SSSR count). The molecule has 0 bridgehead atoms. The van der Waals surface area contributed by atoms with E-state index in [1.807, 2.05) is 6.07 Å². The first-order chi connectivity index (χ1) is 11.7. The largest absolute Gasteiger partial charge is 0.348 e. The van der Waals surface area contributed by atoms with Crippen molar-refractivity contribution in [2.75, 3.05) is 45.2 Å². The Kier molecular flexibility index (Phi) is 5.18. The first-order valence-corrected chi connectivity index (χ1v) is 10.5. The Bertz CT molecular complexity index is 748. The summed E-state index contributed by atoms with van der Waals surface area (Å²) in [7, 11) is 0.411. The van der Waals surface area contributed by atoms with Gasteiger partial charge in [-0.25, -0.2) is 8.42 Å². The molecular weight excluding hydrogens is 338 g/mol. The van der Waals surface area contributed by atoms with E-state index in [4.69, 9.17) is 0 Å². The molecule has 0 spiro atoms. The van der Waals surface area contributed by atoms with Gasteiger partial charge in [0.05, 0.1) is 18.1 Å². The normalized spacial score (nSPS) is 26.4. The summed E-state index contributed by atoms with van der Waals surface area (Å²) in [6, 6.07) is 8.23. The van der Waals surface area contributed by atoms with Gasteiger partial charge in [0.25, 0.3) is 0 Å². The van der Waals surface area contributed by atoms with Crippen molar-refractivity contribution >= 4 is 15.7 Å². The number of amides is 1. The van der Waals surface area contributed by atoms with Crippen molar-refractivity contribution in [3.8, 4) is 0 Å². The fraction of sp³-hybridized carbons (Fsp3) is 0.611. The first kappa shape index (κ1) is 18.4. The summed E-state index contributed by atoms with van der Waals surface area (Å²) in [5.41, 5.74) is 2.42. The topological polar surface area (TPSA) is 60.9 Å². The molecule has 1 amide bonds. The highest BCUT2D eigenvalue weighted by molar-refractivity contribution is 7.91. The van der Waals surface area contributed by atoms with Crippen LogP contribution in [0.1, 0.15) is 11.1 Å². The second-order valence-corrected chi connectivity index (χ2v) is 9.58. The molecule has 1 aromatic carbocycles. The van der Waals surface area contributed by atoms with Crippen LogP contribution in [0.25, 0.3) is 0 Å². The summed E-state index contributed by atoms with van der Waals surface area (Å²) in [5.74, 6) is 0.369. The molecule has 2 heterocycles. The number of sulfone groups is 1. The van der Waals surface area contributed by atoms with Crippen LogP contribution in [0.4, 0.5) is 0 Å².